The van der Waals surface area contributed by atoms with Crippen molar-refractivity contribution in [2.75, 3.05) is 19.6 Å². The van der Waals surface area contributed by atoms with Gasteiger partial charge in [0, 0.05) is 18.6 Å². The smallest absolute Gasteiger partial charge is 0.234 e. The molecule has 1 amide bonds. The Hall–Kier alpha value is -0.570. The lowest BCUT2D eigenvalue weighted by molar-refractivity contribution is -0.123. The van der Waals surface area contributed by atoms with E-state index in [9.17, 15) is 4.79 Å². The average molecular weight is 282 g/mol. The van der Waals surface area contributed by atoms with Crippen LogP contribution in [0.2, 0.25) is 0 Å². The van der Waals surface area contributed by atoms with Crippen LogP contribution in [-0.2, 0) is 4.79 Å². The van der Waals surface area contributed by atoms with E-state index < -0.39 is 0 Å². The molecular formula is C17H34N2O. The number of carbonyl (C=O) groups excluding carboxylic acids is 1. The molecule has 1 aliphatic rings. The van der Waals surface area contributed by atoms with Crippen LogP contribution in [0.5, 0.6) is 0 Å². The first kappa shape index (κ1) is 17.5. The van der Waals surface area contributed by atoms with Crippen molar-refractivity contribution in [3.8, 4) is 0 Å². The van der Waals surface area contributed by atoms with Crippen molar-refractivity contribution >= 4 is 5.91 Å². The second-order valence-corrected chi connectivity index (χ2v) is 6.54. The monoisotopic (exact) mass is 282 g/mol. The van der Waals surface area contributed by atoms with Crippen LogP contribution in [0.3, 0.4) is 0 Å². The standard InChI is InChI=1S/C17H34N2O/c1-4-6-8-9-12-17(3,11-7-5-2)19-14-10-13-18-16(20)15-19/h4-15H2,1-3H3,(H,18,20). The Labute approximate surface area is 125 Å². The van der Waals surface area contributed by atoms with Crippen molar-refractivity contribution in [2.45, 2.75) is 84.1 Å². The molecule has 3 nitrogen and oxygen atoms in total. The molecule has 0 aromatic carbocycles. The van der Waals surface area contributed by atoms with Crippen LogP contribution in [0, 0.1) is 0 Å². The van der Waals surface area contributed by atoms with Crippen molar-refractivity contribution in [1.29, 1.82) is 0 Å². The largest absolute Gasteiger partial charge is 0.355 e. The molecule has 1 aliphatic heterocycles. The number of hydrogen-bond acceptors (Lipinski definition) is 2. The molecular weight excluding hydrogens is 248 g/mol. The van der Waals surface area contributed by atoms with Gasteiger partial charge in [-0.25, -0.2) is 0 Å². The maximum Gasteiger partial charge on any atom is 0.234 e. The SMILES string of the molecule is CCCCCCC(C)(CCCC)N1CCCNC(=O)C1. The van der Waals surface area contributed by atoms with Crippen LogP contribution < -0.4 is 5.32 Å². The summed E-state index contributed by atoms with van der Waals surface area (Å²) in [6, 6.07) is 0. The minimum atomic E-state index is 0.207. The Morgan fingerprint density at radius 2 is 1.80 bits per heavy atom. The number of rotatable bonds is 9. The lowest BCUT2D eigenvalue weighted by Crippen LogP contribution is -2.49. The molecule has 0 spiro atoms. The summed E-state index contributed by atoms with van der Waals surface area (Å²) in [5.41, 5.74) is 0.214. The molecule has 1 heterocycles. The molecule has 1 atom stereocenters. The summed E-state index contributed by atoms with van der Waals surface area (Å²) in [5.74, 6) is 0.207. The van der Waals surface area contributed by atoms with E-state index in [0.717, 1.165) is 19.5 Å². The summed E-state index contributed by atoms with van der Waals surface area (Å²) < 4.78 is 0. The molecule has 20 heavy (non-hydrogen) atoms. The van der Waals surface area contributed by atoms with Crippen LogP contribution in [0.15, 0.2) is 0 Å². The van der Waals surface area contributed by atoms with Crippen LogP contribution in [0.4, 0.5) is 0 Å². The molecule has 0 radical (unpaired) electrons. The lowest BCUT2D eigenvalue weighted by Gasteiger charge is -2.41. The van der Waals surface area contributed by atoms with Crippen LogP contribution >= 0.6 is 0 Å². The Morgan fingerprint density at radius 1 is 1.10 bits per heavy atom. The van der Waals surface area contributed by atoms with E-state index in [1.807, 2.05) is 0 Å². The zero-order valence-electron chi connectivity index (χ0n) is 13.8. The topological polar surface area (TPSA) is 32.3 Å². The third kappa shape index (κ3) is 5.82. The highest BCUT2D eigenvalue weighted by atomic mass is 16.2. The van der Waals surface area contributed by atoms with E-state index >= 15 is 0 Å². The molecule has 1 N–H and O–H groups in total. The van der Waals surface area contributed by atoms with Crippen molar-refractivity contribution in [2.24, 2.45) is 0 Å². The molecule has 1 unspecified atom stereocenters. The fraction of sp³-hybridized carbons (Fsp3) is 0.941. The quantitative estimate of drug-likeness (QED) is 0.654. The van der Waals surface area contributed by atoms with Gasteiger partial charge < -0.3 is 5.32 Å². The molecule has 1 rings (SSSR count). The second-order valence-electron chi connectivity index (χ2n) is 6.54. The van der Waals surface area contributed by atoms with Gasteiger partial charge in [-0.1, -0.05) is 52.4 Å². The van der Waals surface area contributed by atoms with Gasteiger partial charge in [0.15, 0.2) is 0 Å². The van der Waals surface area contributed by atoms with Crippen molar-refractivity contribution in [3.05, 3.63) is 0 Å². The van der Waals surface area contributed by atoms with E-state index in [0.29, 0.717) is 6.54 Å². The third-order valence-electron chi connectivity index (χ3n) is 4.66. The highest BCUT2D eigenvalue weighted by Crippen LogP contribution is 2.29. The number of nitrogens with one attached hydrogen (secondary N) is 1. The zero-order valence-corrected chi connectivity index (χ0v) is 13.8. The van der Waals surface area contributed by atoms with E-state index in [-0.39, 0.29) is 11.4 Å². The summed E-state index contributed by atoms with van der Waals surface area (Å²) in [7, 11) is 0. The van der Waals surface area contributed by atoms with Gasteiger partial charge in [-0.3, -0.25) is 9.69 Å². The van der Waals surface area contributed by atoms with Gasteiger partial charge in [0.25, 0.3) is 0 Å². The van der Waals surface area contributed by atoms with Crippen molar-refractivity contribution in [3.63, 3.8) is 0 Å². The molecule has 118 valence electrons. The predicted molar refractivity (Wildman–Crippen MR) is 85.9 cm³/mol. The summed E-state index contributed by atoms with van der Waals surface area (Å²) in [4.78, 5) is 14.3. The molecule has 0 saturated carbocycles. The predicted octanol–water partition coefficient (Wildman–Crippen LogP) is 3.73. The van der Waals surface area contributed by atoms with Gasteiger partial charge in [0.05, 0.1) is 6.54 Å². The van der Waals surface area contributed by atoms with Crippen LogP contribution in [-0.4, -0.2) is 36.0 Å². The third-order valence-corrected chi connectivity index (χ3v) is 4.66. The fourth-order valence-corrected chi connectivity index (χ4v) is 3.20. The number of amides is 1. The first-order valence-corrected chi connectivity index (χ1v) is 8.64. The van der Waals surface area contributed by atoms with Crippen LogP contribution in [0.25, 0.3) is 0 Å². The van der Waals surface area contributed by atoms with Gasteiger partial charge in [0.1, 0.15) is 0 Å². The maximum absolute atomic E-state index is 11.8. The van der Waals surface area contributed by atoms with Crippen molar-refractivity contribution < 1.29 is 4.79 Å². The maximum atomic E-state index is 11.8. The normalized spacial score (nSPS) is 20.2. The van der Waals surface area contributed by atoms with Crippen molar-refractivity contribution in [1.82, 2.24) is 10.2 Å². The zero-order chi connectivity index (χ0) is 14.8. The second kappa shape index (κ2) is 9.38. The summed E-state index contributed by atoms with van der Waals surface area (Å²) in [6.07, 6.45) is 11.3. The first-order chi connectivity index (χ1) is 9.62. The van der Waals surface area contributed by atoms with Gasteiger partial charge in [0.2, 0.25) is 5.91 Å². The van der Waals surface area contributed by atoms with E-state index in [2.05, 4.69) is 31.0 Å². The molecule has 1 fully saturated rings. The van der Waals surface area contributed by atoms with E-state index in [1.165, 1.54) is 51.4 Å². The first-order valence-electron chi connectivity index (χ1n) is 8.64. The fourth-order valence-electron chi connectivity index (χ4n) is 3.20. The van der Waals surface area contributed by atoms with Gasteiger partial charge >= 0.3 is 0 Å². The minimum absolute atomic E-state index is 0.207. The van der Waals surface area contributed by atoms with Gasteiger partial charge in [-0.15, -0.1) is 0 Å². The van der Waals surface area contributed by atoms with E-state index in [4.69, 9.17) is 0 Å². The highest BCUT2D eigenvalue weighted by Gasteiger charge is 2.32. The molecule has 0 aromatic heterocycles. The molecule has 0 aromatic rings. The Kier molecular flexibility index (Phi) is 8.20. The van der Waals surface area contributed by atoms with Gasteiger partial charge in [-0.05, 0) is 26.2 Å². The van der Waals surface area contributed by atoms with E-state index in [1.54, 1.807) is 0 Å². The van der Waals surface area contributed by atoms with Crippen LogP contribution in [0.1, 0.15) is 78.6 Å². The number of unbranched alkanes of at least 4 members (excludes halogenated alkanes) is 4. The molecule has 0 bridgehead atoms. The number of hydrogen-bond donors (Lipinski definition) is 1. The minimum Gasteiger partial charge on any atom is -0.355 e. The summed E-state index contributed by atoms with van der Waals surface area (Å²) >= 11 is 0. The molecule has 0 aliphatic carbocycles. The Morgan fingerprint density at radius 3 is 2.50 bits per heavy atom. The van der Waals surface area contributed by atoms with Gasteiger partial charge in [-0.2, -0.15) is 0 Å². The molecule has 1 saturated heterocycles. The summed E-state index contributed by atoms with van der Waals surface area (Å²) in [6.45, 7) is 9.39. The Balaban J connectivity index is 2.61. The highest BCUT2D eigenvalue weighted by molar-refractivity contribution is 5.78. The Bertz CT molecular complexity index is 280. The number of nitrogens with zero attached hydrogens (tertiary/aromatic N) is 1. The number of carbonyl (C=O) groups is 1. The average Bonchev–Trinajstić information content (AvgIpc) is 2.66. The lowest BCUT2D eigenvalue weighted by atomic mass is 9.86. The molecule has 3 heteroatoms. The summed E-state index contributed by atoms with van der Waals surface area (Å²) in [5, 5.41) is 3.00.